The highest BCUT2D eigenvalue weighted by atomic mass is 16.5. The van der Waals surface area contributed by atoms with E-state index in [-0.39, 0.29) is 36.6 Å². The molecule has 0 unspecified atom stereocenters. The summed E-state index contributed by atoms with van der Waals surface area (Å²) in [7, 11) is 0. The minimum atomic E-state index is -0.851. The lowest BCUT2D eigenvalue weighted by Crippen LogP contribution is -2.48. The van der Waals surface area contributed by atoms with Gasteiger partial charge in [0.25, 0.3) is 5.91 Å². The van der Waals surface area contributed by atoms with Gasteiger partial charge in [-0.25, -0.2) is 4.79 Å². The van der Waals surface area contributed by atoms with Gasteiger partial charge < -0.3 is 15.0 Å². The maximum Gasteiger partial charge on any atom is 0.325 e. The van der Waals surface area contributed by atoms with E-state index in [2.05, 4.69) is 5.32 Å². The van der Waals surface area contributed by atoms with E-state index in [9.17, 15) is 14.4 Å². The Balaban J connectivity index is 1.80. The smallest absolute Gasteiger partial charge is 0.325 e. The number of nitrogens with zero attached hydrogens (tertiary/aromatic N) is 2. The second-order valence-corrected chi connectivity index (χ2v) is 6.67. The van der Waals surface area contributed by atoms with Crippen molar-refractivity contribution in [3.8, 4) is 0 Å². The molecule has 0 aliphatic carbocycles. The summed E-state index contributed by atoms with van der Waals surface area (Å²) >= 11 is 0. The molecule has 0 radical (unpaired) electrons. The van der Waals surface area contributed by atoms with Crippen LogP contribution in [0, 0.1) is 0 Å². The lowest BCUT2D eigenvalue weighted by Gasteiger charge is -2.35. The van der Waals surface area contributed by atoms with Crippen LogP contribution in [0.1, 0.15) is 40.5 Å². The zero-order valence-corrected chi connectivity index (χ0v) is 13.7. The number of rotatable bonds is 4. The Labute approximate surface area is 131 Å². The van der Waals surface area contributed by atoms with Crippen molar-refractivity contribution < 1.29 is 19.1 Å². The fourth-order valence-corrected chi connectivity index (χ4v) is 2.95. The van der Waals surface area contributed by atoms with Gasteiger partial charge in [0.1, 0.15) is 5.54 Å². The zero-order chi connectivity index (χ0) is 16.5. The Kier molecular flexibility index (Phi) is 4.75. The molecule has 0 aromatic heterocycles. The Bertz CT molecular complexity index is 467. The summed E-state index contributed by atoms with van der Waals surface area (Å²) in [5.74, 6) is -0.188. The summed E-state index contributed by atoms with van der Waals surface area (Å²) in [5.41, 5.74) is -0.851. The highest BCUT2D eigenvalue weighted by Gasteiger charge is 2.43. The van der Waals surface area contributed by atoms with Crippen molar-refractivity contribution in [2.24, 2.45) is 0 Å². The second kappa shape index (κ2) is 6.24. The second-order valence-electron chi connectivity index (χ2n) is 6.67. The molecule has 124 valence electrons. The standard InChI is InChI=1S/C15H25N3O4/c1-10-8-17(9-11(2)22-10)12(19)6-5-7-18-13(20)15(3,4)16-14(18)21/h10-11H,5-9H2,1-4H3,(H,16,21)/t10-,11-/m0/s1. The van der Waals surface area contributed by atoms with Gasteiger partial charge in [0.05, 0.1) is 12.2 Å². The van der Waals surface area contributed by atoms with Crippen molar-refractivity contribution in [3.05, 3.63) is 0 Å². The molecule has 0 aromatic carbocycles. The van der Waals surface area contributed by atoms with E-state index < -0.39 is 5.54 Å². The van der Waals surface area contributed by atoms with Crippen molar-refractivity contribution in [2.75, 3.05) is 19.6 Å². The lowest BCUT2D eigenvalue weighted by molar-refractivity contribution is -0.143. The van der Waals surface area contributed by atoms with Crippen molar-refractivity contribution >= 4 is 17.8 Å². The van der Waals surface area contributed by atoms with E-state index >= 15 is 0 Å². The highest BCUT2D eigenvalue weighted by molar-refractivity contribution is 6.06. The average molecular weight is 311 g/mol. The van der Waals surface area contributed by atoms with Gasteiger partial charge in [-0.05, 0) is 34.1 Å². The van der Waals surface area contributed by atoms with Crippen LogP contribution in [0.25, 0.3) is 0 Å². The molecule has 2 heterocycles. The minimum Gasteiger partial charge on any atom is -0.372 e. The number of hydrogen-bond acceptors (Lipinski definition) is 4. The third-order valence-electron chi connectivity index (χ3n) is 3.99. The zero-order valence-electron chi connectivity index (χ0n) is 13.7. The van der Waals surface area contributed by atoms with E-state index in [1.165, 1.54) is 4.90 Å². The van der Waals surface area contributed by atoms with Gasteiger partial charge in [0, 0.05) is 26.1 Å². The van der Waals surface area contributed by atoms with Crippen LogP contribution >= 0.6 is 0 Å². The molecule has 2 fully saturated rings. The molecule has 2 rings (SSSR count). The molecule has 1 N–H and O–H groups in total. The quantitative estimate of drug-likeness (QED) is 0.777. The van der Waals surface area contributed by atoms with Crippen LogP contribution < -0.4 is 5.32 Å². The Hall–Kier alpha value is -1.63. The van der Waals surface area contributed by atoms with Crippen LogP contribution in [-0.4, -0.2) is 65.0 Å². The fourth-order valence-electron chi connectivity index (χ4n) is 2.95. The highest BCUT2D eigenvalue weighted by Crippen LogP contribution is 2.18. The molecule has 2 atom stereocenters. The molecule has 0 aromatic rings. The number of ether oxygens (including phenoxy) is 1. The summed E-state index contributed by atoms with van der Waals surface area (Å²) in [4.78, 5) is 39.0. The molecule has 0 saturated carbocycles. The van der Waals surface area contributed by atoms with Crippen LogP contribution in [0.3, 0.4) is 0 Å². The Morgan fingerprint density at radius 2 is 1.86 bits per heavy atom. The van der Waals surface area contributed by atoms with Crippen LogP contribution in [0.15, 0.2) is 0 Å². The number of urea groups is 1. The molecule has 4 amide bonds. The first-order valence-electron chi connectivity index (χ1n) is 7.78. The Morgan fingerprint density at radius 1 is 1.27 bits per heavy atom. The van der Waals surface area contributed by atoms with Gasteiger partial charge in [-0.2, -0.15) is 0 Å². The number of carbonyl (C=O) groups is 3. The first-order valence-corrected chi connectivity index (χ1v) is 7.78. The Morgan fingerprint density at radius 3 is 2.36 bits per heavy atom. The number of amides is 4. The summed E-state index contributed by atoms with van der Waals surface area (Å²) in [5, 5.41) is 2.63. The molecule has 22 heavy (non-hydrogen) atoms. The maximum absolute atomic E-state index is 12.2. The first kappa shape index (κ1) is 16.7. The summed E-state index contributed by atoms with van der Waals surface area (Å²) < 4.78 is 5.60. The van der Waals surface area contributed by atoms with E-state index in [0.717, 1.165) is 0 Å². The molecule has 0 bridgehead atoms. The topological polar surface area (TPSA) is 79.0 Å². The summed E-state index contributed by atoms with van der Waals surface area (Å²) in [6.07, 6.45) is 0.893. The largest absolute Gasteiger partial charge is 0.372 e. The van der Waals surface area contributed by atoms with Gasteiger partial charge in [-0.1, -0.05) is 0 Å². The SMILES string of the molecule is C[C@H]1CN(C(=O)CCCN2C(=O)NC(C)(C)C2=O)C[C@H](C)O1. The number of nitrogens with one attached hydrogen (secondary N) is 1. The normalized spacial score (nSPS) is 28.0. The van der Waals surface area contributed by atoms with Crippen LogP contribution in [0.4, 0.5) is 4.79 Å². The fraction of sp³-hybridized carbons (Fsp3) is 0.800. The van der Waals surface area contributed by atoms with Crippen molar-refractivity contribution in [1.82, 2.24) is 15.1 Å². The van der Waals surface area contributed by atoms with Crippen molar-refractivity contribution in [3.63, 3.8) is 0 Å². The molecule has 7 heteroatoms. The third kappa shape index (κ3) is 3.58. The van der Waals surface area contributed by atoms with Crippen LogP contribution in [0.5, 0.6) is 0 Å². The minimum absolute atomic E-state index is 0.0411. The van der Waals surface area contributed by atoms with Crippen LogP contribution in [-0.2, 0) is 14.3 Å². The molecule has 2 aliphatic rings. The van der Waals surface area contributed by atoms with Gasteiger partial charge in [0.2, 0.25) is 5.91 Å². The van der Waals surface area contributed by atoms with Gasteiger partial charge in [0.15, 0.2) is 0 Å². The van der Waals surface area contributed by atoms with Gasteiger partial charge >= 0.3 is 6.03 Å². The summed E-state index contributed by atoms with van der Waals surface area (Å²) in [6.45, 7) is 8.72. The molecule has 7 nitrogen and oxygen atoms in total. The van der Waals surface area contributed by atoms with E-state index in [0.29, 0.717) is 25.9 Å². The molecular weight excluding hydrogens is 286 g/mol. The monoisotopic (exact) mass is 311 g/mol. The molecule has 2 aliphatic heterocycles. The van der Waals surface area contributed by atoms with Crippen LogP contribution in [0.2, 0.25) is 0 Å². The number of morpholine rings is 1. The number of imide groups is 1. The lowest BCUT2D eigenvalue weighted by atomic mass is 10.1. The number of carbonyl (C=O) groups excluding carboxylic acids is 3. The number of hydrogen-bond donors (Lipinski definition) is 1. The molecule has 0 spiro atoms. The first-order chi connectivity index (χ1) is 10.2. The summed E-state index contributed by atoms with van der Waals surface area (Å²) in [6, 6.07) is -0.379. The molecular formula is C15H25N3O4. The van der Waals surface area contributed by atoms with Crippen molar-refractivity contribution in [1.29, 1.82) is 0 Å². The molecule has 2 saturated heterocycles. The van der Waals surface area contributed by atoms with Gasteiger partial charge in [-0.3, -0.25) is 14.5 Å². The van der Waals surface area contributed by atoms with E-state index in [1.807, 2.05) is 13.8 Å². The van der Waals surface area contributed by atoms with Crippen molar-refractivity contribution in [2.45, 2.75) is 58.3 Å². The maximum atomic E-state index is 12.2. The predicted molar refractivity (Wildman–Crippen MR) is 80.1 cm³/mol. The van der Waals surface area contributed by atoms with E-state index in [1.54, 1.807) is 18.7 Å². The third-order valence-corrected chi connectivity index (χ3v) is 3.99. The average Bonchev–Trinajstić information content (AvgIpc) is 2.59. The van der Waals surface area contributed by atoms with E-state index in [4.69, 9.17) is 4.74 Å². The van der Waals surface area contributed by atoms with Gasteiger partial charge in [-0.15, -0.1) is 0 Å². The predicted octanol–water partition coefficient (Wildman–Crippen LogP) is 0.733.